The molecule has 0 spiro atoms. The first-order valence-electron chi connectivity index (χ1n) is 4.04. The molecule has 0 aliphatic rings. The average Bonchev–Trinajstić information content (AvgIpc) is 2.03. The number of hydrogen-bond donors (Lipinski definition) is 0. The maximum Gasteiger partial charge on any atom is 0.454 e. The molecule has 15 heavy (non-hydrogen) atoms. The van der Waals surface area contributed by atoms with Gasteiger partial charge in [-0.25, -0.2) is 0 Å². The van der Waals surface area contributed by atoms with Gasteiger partial charge in [0, 0.05) is 28.2 Å². The fourth-order valence-electron chi connectivity index (χ4n) is 1.42. The van der Waals surface area contributed by atoms with Crippen molar-refractivity contribution in [3.05, 3.63) is 0 Å². The maximum absolute atomic E-state index is 13.5. The molecule has 0 unspecified atom stereocenters. The van der Waals surface area contributed by atoms with Crippen LogP contribution in [0.1, 0.15) is 0 Å². The van der Waals surface area contributed by atoms with Crippen LogP contribution in [0.5, 0.6) is 0 Å². The predicted molar refractivity (Wildman–Crippen MR) is 51.3 cm³/mol. The second kappa shape index (κ2) is 4.65. The van der Waals surface area contributed by atoms with Gasteiger partial charge in [-0.3, -0.25) is 0 Å². The first-order valence-corrected chi connectivity index (χ1v) is 5.65. The van der Waals surface area contributed by atoms with Crippen molar-refractivity contribution >= 4 is 13.8 Å². The van der Waals surface area contributed by atoms with Gasteiger partial charge >= 0.3 is 13.5 Å². The Bertz CT molecular complexity index is 240. The molecule has 0 saturated heterocycles. The zero-order valence-corrected chi connectivity index (χ0v) is 10.2. The van der Waals surface area contributed by atoms with Crippen molar-refractivity contribution < 1.29 is 23.2 Å². The van der Waals surface area contributed by atoms with Crippen molar-refractivity contribution in [1.29, 1.82) is 0 Å². The molecule has 0 radical (unpaired) electrons. The number of rotatable bonds is 5. The van der Waals surface area contributed by atoms with E-state index < -0.39 is 19.4 Å². The van der Waals surface area contributed by atoms with Crippen LogP contribution in [0.2, 0.25) is 0 Å². The molecule has 0 amide bonds. The third-order valence-electron chi connectivity index (χ3n) is 1.95. The van der Waals surface area contributed by atoms with Gasteiger partial charge in [-0.1, -0.05) is 0 Å². The largest absolute Gasteiger partial charge is 0.541 e. The van der Waals surface area contributed by atoms with Gasteiger partial charge in [-0.05, 0) is 0 Å². The molecule has 0 aliphatic carbocycles. The topological polar surface area (TPSA) is 55.8 Å². The van der Waals surface area contributed by atoms with Crippen molar-refractivity contribution in [3.8, 4) is 0 Å². The summed E-state index contributed by atoms with van der Waals surface area (Å²) in [5.74, 6) is -2.43. The third kappa shape index (κ3) is 2.10. The first kappa shape index (κ1) is 14.6. The fraction of sp³-hybridized carbons (Fsp3) is 0.857. The van der Waals surface area contributed by atoms with Gasteiger partial charge in [-0.15, -0.1) is 9.34 Å². The summed E-state index contributed by atoms with van der Waals surface area (Å²) >= 11 is 0. The van der Waals surface area contributed by atoms with Crippen molar-refractivity contribution in [1.82, 2.24) is 9.34 Å². The zero-order chi connectivity index (χ0) is 12.4. The molecule has 0 heterocycles. The lowest BCUT2D eigenvalue weighted by atomic mass is 10.7. The Hall–Kier alpha value is -0.360. The lowest BCUT2D eigenvalue weighted by Crippen LogP contribution is -2.50. The van der Waals surface area contributed by atoms with E-state index in [0.29, 0.717) is 0 Å². The van der Waals surface area contributed by atoms with Crippen LogP contribution < -0.4 is 5.11 Å². The third-order valence-corrected chi connectivity index (χ3v) is 5.54. The van der Waals surface area contributed by atoms with E-state index in [-0.39, 0.29) is 0 Å². The highest BCUT2D eigenvalue weighted by atomic mass is 31.2. The second-order valence-corrected chi connectivity index (χ2v) is 6.86. The summed E-state index contributed by atoms with van der Waals surface area (Å²) in [6.07, 6.45) is 0. The average molecular weight is 244 g/mol. The summed E-state index contributed by atoms with van der Waals surface area (Å²) in [7, 11) is 2.72. The predicted octanol–water partition coefficient (Wildman–Crippen LogP) is -0.139. The molecule has 0 aromatic heterocycles. The number of aliphatic carboxylic acids is 1. The van der Waals surface area contributed by atoms with E-state index in [1.807, 2.05) is 0 Å². The Kier molecular flexibility index (Phi) is 4.54. The van der Waals surface area contributed by atoms with Crippen molar-refractivity contribution in [3.63, 3.8) is 0 Å². The number of halogens is 2. The van der Waals surface area contributed by atoms with E-state index >= 15 is 0 Å². The van der Waals surface area contributed by atoms with Crippen molar-refractivity contribution in [2.45, 2.75) is 5.66 Å². The van der Waals surface area contributed by atoms with Crippen LogP contribution in [0.25, 0.3) is 0 Å². The number of carboxylic acid groups (broad SMARTS) is 1. The van der Waals surface area contributed by atoms with E-state index in [1.165, 1.54) is 28.2 Å². The number of alkyl halides is 2. The first-order chi connectivity index (χ1) is 6.64. The van der Waals surface area contributed by atoms with Crippen LogP contribution in [0, 0.1) is 0 Å². The standard InChI is InChI=1S/C7H15F2N2O3P/c1-10(2)15(14-5,11(3)4)7(8,9)6(12)13/h1-5H3. The van der Waals surface area contributed by atoms with Crippen LogP contribution >= 0.6 is 7.79 Å². The Morgan fingerprint density at radius 1 is 1.27 bits per heavy atom. The van der Waals surface area contributed by atoms with Gasteiger partial charge in [0.25, 0.3) is 0 Å². The maximum atomic E-state index is 13.5. The Labute approximate surface area is 88.1 Å². The molecular weight excluding hydrogens is 229 g/mol. The number of carboxylic acids is 1. The molecule has 0 atom stereocenters. The minimum atomic E-state index is -4.05. The number of carbonyl (C=O) groups excluding carboxylic acids is 1. The molecule has 0 N–H and O–H groups in total. The smallest absolute Gasteiger partial charge is 0.454 e. The molecular formula is C7H15F2N2O3P. The van der Waals surface area contributed by atoms with E-state index in [1.54, 1.807) is 0 Å². The normalized spacial score (nSPS) is 13.7. The molecule has 0 bridgehead atoms. The molecule has 8 heteroatoms. The SMILES string of the molecule is CO[P+](N(C)C)(N(C)C)C(F)(F)C(=O)[O-]. The van der Waals surface area contributed by atoms with Gasteiger partial charge in [-0.2, -0.15) is 13.3 Å². The van der Waals surface area contributed by atoms with Crippen LogP contribution in [0.15, 0.2) is 0 Å². The highest BCUT2D eigenvalue weighted by Gasteiger charge is 2.69. The van der Waals surface area contributed by atoms with Gasteiger partial charge in [0.15, 0.2) is 5.97 Å². The monoisotopic (exact) mass is 244 g/mol. The van der Waals surface area contributed by atoms with E-state index in [2.05, 4.69) is 0 Å². The second-order valence-electron chi connectivity index (χ2n) is 3.25. The van der Waals surface area contributed by atoms with Gasteiger partial charge in [0.05, 0.1) is 7.11 Å². The van der Waals surface area contributed by atoms with Crippen LogP contribution in [0.4, 0.5) is 8.78 Å². The Morgan fingerprint density at radius 3 is 1.67 bits per heavy atom. The number of nitrogens with zero attached hydrogens (tertiary/aromatic N) is 2. The lowest BCUT2D eigenvalue weighted by molar-refractivity contribution is -0.322. The van der Waals surface area contributed by atoms with E-state index in [0.717, 1.165) is 16.5 Å². The van der Waals surface area contributed by atoms with Gasteiger partial charge < -0.3 is 9.90 Å². The Balaban J connectivity index is 5.54. The molecule has 0 aromatic carbocycles. The summed E-state index contributed by atoms with van der Waals surface area (Å²) in [5, 5.41) is 10.5. The van der Waals surface area contributed by atoms with Crippen LogP contribution in [-0.4, -0.2) is 56.3 Å². The molecule has 0 fully saturated rings. The lowest BCUT2D eigenvalue weighted by Gasteiger charge is -2.37. The highest BCUT2D eigenvalue weighted by molar-refractivity contribution is 7.68. The molecule has 5 nitrogen and oxygen atoms in total. The zero-order valence-electron chi connectivity index (χ0n) is 9.32. The van der Waals surface area contributed by atoms with Crippen molar-refractivity contribution in [2.24, 2.45) is 0 Å². The molecule has 0 aromatic rings. The van der Waals surface area contributed by atoms with Crippen LogP contribution in [-0.2, 0) is 9.32 Å². The van der Waals surface area contributed by atoms with Gasteiger partial charge in [0.1, 0.15) is 0 Å². The summed E-state index contributed by atoms with van der Waals surface area (Å²) in [5.41, 5.74) is -4.05. The number of hydrogen-bond acceptors (Lipinski definition) is 5. The Morgan fingerprint density at radius 2 is 1.60 bits per heavy atom. The minimum Gasteiger partial charge on any atom is -0.541 e. The summed E-state index contributed by atoms with van der Waals surface area (Å²) < 4.78 is 34.0. The minimum absolute atomic E-state index is 1.06. The molecule has 0 rings (SSSR count). The molecule has 0 aliphatic heterocycles. The van der Waals surface area contributed by atoms with E-state index in [9.17, 15) is 18.7 Å². The van der Waals surface area contributed by atoms with Crippen LogP contribution in [0.3, 0.4) is 0 Å². The highest BCUT2D eigenvalue weighted by Crippen LogP contribution is 2.73. The van der Waals surface area contributed by atoms with Crippen molar-refractivity contribution in [2.75, 3.05) is 35.3 Å². The van der Waals surface area contributed by atoms with E-state index in [4.69, 9.17) is 4.52 Å². The molecule has 0 saturated carbocycles. The quantitative estimate of drug-likeness (QED) is 0.630. The fourth-order valence-corrected chi connectivity index (χ4v) is 4.26. The number of carbonyl (C=O) groups is 1. The summed E-state index contributed by atoms with van der Waals surface area (Å²) in [6, 6.07) is 0. The summed E-state index contributed by atoms with van der Waals surface area (Å²) in [4.78, 5) is 10.5. The summed E-state index contributed by atoms with van der Waals surface area (Å²) in [6.45, 7) is 0. The van der Waals surface area contributed by atoms with Gasteiger partial charge in [0.2, 0.25) is 0 Å². The molecule has 90 valence electrons.